The highest BCUT2D eigenvalue weighted by atomic mass is 79.9. The predicted octanol–water partition coefficient (Wildman–Crippen LogP) is 0.812. The van der Waals surface area contributed by atoms with Crippen molar-refractivity contribution in [2.75, 3.05) is 0 Å². The summed E-state index contributed by atoms with van der Waals surface area (Å²) < 4.78 is 0.514. The third-order valence-electron chi connectivity index (χ3n) is 2.19. The molecule has 1 aromatic carbocycles. The lowest BCUT2D eigenvalue weighted by atomic mass is 10.1. The number of carbonyl (C=O) groups is 3. The first-order chi connectivity index (χ1) is 8.81. The van der Waals surface area contributed by atoms with E-state index in [0.717, 1.165) is 0 Å². The number of carboxylic acid groups (broad SMARTS) is 2. The van der Waals surface area contributed by atoms with E-state index < -0.39 is 30.3 Å². The molecule has 0 saturated carbocycles. The lowest BCUT2D eigenvalue weighted by Crippen LogP contribution is -2.42. The zero-order valence-electron chi connectivity index (χ0n) is 9.46. The number of hydrogen-bond donors (Lipinski definition) is 4. The van der Waals surface area contributed by atoms with Crippen molar-refractivity contribution in [2.24, 2.45) is 0 Å². The van der Waals surface area contributed by atoms with Crippen LogP contribution in [0.3, 0.4) is 0 Å². The van der Waals surface area contributed by atoms with Gasteiger partial charge in [-0.25, -0.2) is 4.79 Å². The Morgan fingerprint density at radius 1 is 1.26 bits per heavy atom. The number of aliphatic carboxylic acids is 2. The molecule has 0 unspecified atom stereocenters. The van der Waals surface area contributed by atoms with E-state index in [2.05, 4.69) is 15.9 Å². The highest BCUT2D eigenvalue weighted by molar-refractivity contribution is 9.10. The van der Waals surface area contributed by atoms with Gasteiger partial charge in [0.05, 0.1) is 12.0 Å². The summed E-state index contributed by atoms with van der Waals surface area (Å²) in [7, 11) is 0. The molecule has 0 radical (unpaired) electrons. The van der Waals surface area contributed by atoms with Crippen molar-refractivity contribution in [3.8, 4) is 5.75 Å². The van der Waals surface area contributed by atoms with Gasteiger partial charge in [0.25, 0.3) is 5.91 Å². The van der Waals surface area contributed by atoms with Crippen LogP contribution in [0.2, 0.25) is 0 Å². The molecule has 0 heterocycles. The zero-order valence-corrected chi connectivity index (χ0v) is 11.0. The molecule has 19 heavy (non-hydrogen) atoms. The highest BCUT2D eigenvalue weighted by Crippen LogP contribution is 2.21. The molecule has 1 amide bonds. The molecule has 0 fully saturated rings. The van der Waals surface area contributed by atoms with E-state index in [4.69, 9.17) is 10.2 Å². The van der Waals surface area contributed by atoms with Gasteiger partial charge in [-0.05, 0) is 18.2 Å². The molecule has 1 aromatic rings. The third-order valence-corrected chi connectivity index (χ3v) is 2.68. The first kappa shape index (κ1) is 15.0. The number of benzene rings is 1. The Bertz CT molecular complexity index is 530. The van der Waals surface area contributed by atoms with Crippen LogP contribution in [0.4, 0.5) is 0 Å². The predicted molar refractivity (Wildman–Crippen MR) is 66.9 cm³/mol. The maximum Gasteiger partial charge on any atom is 0.326 e. The Kier molecular flexibility index (Phi) is 4.87. The Morgan fingerprint density at radius 2 is 1.89 bits per heavy atom. The van der Waals surface area contributed by atoms with E-state index in [9.17, 15) is 19.5 Å². The van der Waals surface area contributed by atoms with Crippen LogP contribution in [0, 0.1) is 0 Å². The van der Waals surface area contributed by atoms with E-state index >= 15 is 0 Å². The molecule has 0 saturated heterocycles. The quantitative estimate of drug-likeness (QED) is 0.633. The number of phenols is 1. The summed E-state index contributed by atoms with van der Waals surface area (Å²) in [5.41, 5.74) is -0.147. The number of rotatable bonds is 5. The van der Waals surface area contributed by atoms with E-state index in [1.807, 2.05) is 5.32 Å². The van der Waals surface area contributed by atoms with Crippen molar-refractivity contribution >= 4 is 33.8 Å². The number of halogens is 1. The Hall–Kier alpha value is -2.09. The van der Waals surface area contributed by atoms with Gasteiger partial charge in [-0.1, -0.05) is 15.9 Å². The number of hydrogen-bond acceptors (Lipinski definition) is 4. The first-order valence-electron chi connectivity index (χ1n) is 5.05. The van der Waals surface area contributed by atoms with Gasteiger partial charge >= 0.3 is 11.9 Å². The molecule has 0 aliphatic heterocycles. The number of aromatic hydroxyl groups is 1. The molecular weight excluding hydrogens is 322 g/mol. The fourth-order valence-corrected chi connectivity index (χ4v) is 1.66. The van der Waals surface area contributed by atoms with Crippen molar-refractivity contribution < 1.29 is 29.7 Å². The fraction of sp³-hybridized carbons (Fsp3) is 0.182. The van der Waals surface area contributed by atoms with Crippen LogP contribution in [0.5, 0.6) is 5.75 Å². The first-order valence-corrected chi connectivity index (χ1v) is 5.84. The molecule has 1 atom stereocenters. The van der Waals surface area contributed by atoms with Gasteiger partial charge in [0.2, 0.25) is 0 Å². The summed E-state index contributed by atoms with van der Waals surface area (Å²) in [6.45, 7) is 0. The van der Waals surface area contributed by atoms with Gasteiger partial charge in [-0.15, -0.1) is 0 Å². The normalized spacial score (nSPS) is 11.6. The second kappa shape index (κ2) is 6.19. The van der Waals surface area contributed by atoms with Crippen LogP contribution in [0.1, 0.15) is 16.8 Å². The van der Waals surface area contributed by atoms with E-state index in [0.29, 0.717) is 4.47 Å². The van der Waals surface area contributed by atoms with Gasteiger partial charge in [-0.3, -0.25) is 9.59 Å². The maximum atomic E-state index is 11.8. The number of carboxylic acids is 2. The summed E-state index contributed by atoms with van der Waals surface area (Å²) in [4.78, 5) is 33.1. The molecule has 7 nitrogen and oxygen atoms in total. The molecule has 0 bridgehead atoms. The number of nitrogens with one attached hydrogen (secondary N) is 1. The van der Waals surface area contributed by atoms with Crippen molar-refractivity contribution in [1.29, 1.82) is 0 Å². The van der Waals surface area contributed by atoms with Crippen LogP contribution in [0.15, 0.2) is 22.7 Å². The molecule has 0 aromatic heterocycles. The Labute approximate surface area is 116 Å². The summed E-state index contributed by atoms with van der Waals surface area (Å²) in [6, 6.07) is 2.48. The third kappa shape index (κ3) is 4.25. The van der Waals surface area contributed by atoms with Crippen molar-refractivity contribution in [1.82, 2.24) is 5.32 Å². The van der Waals surface area contributed by atoms with Gasteiger partial charge in [0.1, 0.15) is 11.8 Å². The smallest absolute Gasteiger partial charge is 0.326 e. The maximum absolute atomic E-state index is 11.8. The number of phenolic OH excluding ortho intramolecular Hbond substituents is 1. The van der Waals surface area contributed by atoms with Crippen LogP contribution in [-0.4, -0.2) is 39.2 Å². The van der Waals surface area contributed by atoms with Crippen LogP contribution in [0.25, 0.3) is 0 Å². The van der Waals surface area contributed by atoms with Crippen molar-refractivity contribution in [2.45, 2.75) is 12.5 Å². The summed E-state index contributed by atoms with van der Waals surface area (Å²) in [6.07, 6.45) is -0.754. The molecule has 0 spiro atoms. The lowest BCUT2D eigenvalue weighted by molar-refractivity contribution is -0.145. The summed E-state index contributed by atoms with van der Waals surface area (Å²) in [5.74, 6) is -4.02. The number of carbonyl (C=O) groups excluding carboxylic acids is 1. The second-order valence-electron chi connectivity index (χ2n) is 3.62. The SMILES string of the molecule is O=C(O)C[C@@H](NC(=O)c1cc(Br)ccc1O)C(=O)O. The van der Waals surface area contributed by atoms with E-state index in [-0.39, 0.29) is 11.3 Å². The Balaban J connectivity index is 2.90. The van der Waals surface area contributed by atoms with Gasteiger partial charge < -0.3 is 20.6 Å². The largest absolute Gasteiger partial charge is 0.507 e. The highest BCUT2D eigenvalue weighted by Gasteiger charge is 2.24. The van der Waals surface area contributed by atoms with Crippen LogP contribution in [-0.2, 0) is 9.59 Å². The van der Waals surface area contributed by atoms with Gasteiger partial charge in [0, 0.05) is 4.47 Å². The van der Waals surface area contributed by atoms with E-state index in [1.54, 1.807) is 0 Å². The molecule has 0 aliphatic rings. The number of amides is 1. The molecule has 1 rings (SSSR count). The zero-order chi connectivity index (χ0) is 14.6. The topological polar surface area (TPSA) is 124 Å². The van der Waals surface area contributed by atoms with Crippen LogP contribution >= 0.6 is 15.9 Å². The molecule has 0 aliphatic carbocycles. The Morgan fingerprint density at radius 3 is 2.42 bits per heavy atom. The fourth-order valence-electron chi connectivity index (χ4n) is 1.30. The molecular formula is C11H10BrNO6. The minimum atomic E-state index is -1.57. The van der Waals surface area contributed by atoms with Crippen LogP contribution < -0.4 is 5.32 Å². The van der Waals surface area contributed by atoms with Crippen molar-refractivity contribution in [3.63, 3.8) is 0 Å². The summed E-state index contributed by atoms with van der Waals surface area (Å²) in [5, 5.41) is 28.9. The minimum Gasteiger partial charge on any atom is -0.507 e. The van der Waals surface area contributed by atoms with Gasteiger partial charge in [-0.2, -0.15) is 0 Å². The van der Waals surface area contributed by atoms with Crippen molar-refractivity contribution in [3.05, 3.63) is 28.2 Å². The average Bonchev–Trinajstić information content (AvgIpc) is 2.30. The average molecular weight is 332 g/mol. The molecule has 8 heteroatoms. The van der Waals surface area contributed by atoms with Gasteiger partial charge in [0.15, 0.2) is 0 Å². The van der Waals surface area contributed by atoms with E-state index in [1.165, 1.54) is 18.2 Å². The lowest BCUT2D eigenvalue weighted by Gasteiger charge is -2.13. The minimum absolute atomic E-state index is 0.147. The standard InChI is InChI=1S/C11H10BrNO6/c12-5-1-2-8(14)6(3-5)10(17)13-7(11(18)19)4-9(15)16/h1-3,7,14H,4H2,(H,13,17)(H,15,16)(H,18,19)/t7-/m1/s1. The summed E-state index contributed by atoms with van der Waals surface area (Å²) >= 11 is 3.10. The molecule has 4 N–H and O–H groups in total. The second-order valence-corrected chi connectivity index (χ2v) is 4.54. The molecule has 102 valence electrons. The monoisotopic (exact) mass is 331 g/mol.